The van der Waals surface area contributed by atoms with Crippen LogP contribution in [0.5, 0.6) is 0 Å². The first-order chi connectivity index (χ1) is 9.78. The first kappa shape index (κ1) is 11.5. The Hall–Kier alpha value is -2.29. The Kier molecular flexibility index (Phi) is 2.36. The molecule has 1 aromatic heterocycles. The van der Waals surface area contributed by atoms with Crippen molar-refractivity contribution < 1.29 is 0 Å². The topological polar surface area (TPSA) is 37.8 Å². The fourth-order valence-corrected chi connectivity index (χ4v) is 2.99. The fourth-order valence-electron chi connectivity index (χ4n) is 2.99. The Labute approximate surface area is 116 Å². The summed E-state index contributed by atoms with van der Waals surface area (Å²) in [5, 5.41) is 4.08. The van der Waals surface area contributed by atoms with Crippen LogP contribution in [0.4, 0.5) is 0 Å². The van der Waals surface area contributed by atoms with E-state index in [1.165, 1.54) is 5.56 Å². The largest absolute Gasteiger partial charge is 0.294 e. The van der Waals surface area contributed by atoms with E-state index in [4.69, 9.17) is 0 Å². The second-order valence-electron chi connectivity index (χ2n) is 5.68. The molecule has 20 heavy (non-hydrogen) atoms. The third kappa shape index (κ3) is 1.70. The van der Waals surface area contributed by atoms with Crippen molar-refractivity contribution in [3.8, 4) is 0 Å². The molecule has 2 aromatic carbocycles. The SMILES string of the molecule is O=c1c2ccccc2[nH]n1C1(Cc2ccccc2)CC1. The van der Waals surface area contributed by atoms with Crippen molar-refractivity contribution in [2.24, 2.45) is 0 Å². The second-order valence-corrected chi connectivity index (χ2v) is 5.68. The Morgan fingerprint density at radius 2 is 1.70 bits per heavy atom. The number of nitrogens with one attached hydrogen (secondary N) is 1. The summed E-state index contributed by atoms with van der Waals surface area (Å²) in [5.74, 6) is 0. The van der Waals surface area contributed by atoms with Gasteiger partial charge in [0.2, 0.25) is 0 Å². The monoisotopic (exact) mass is 264 g/mol. The summed E-state index contributed by atoms with van der Waals surface area (Å²) in [7, 11) is 0. The summed E-state index contributed by atoms with van der Waals surface area (Å²) < 4.78 is 1.85. The van der Waals surface area contributed by atoms with Gasteiger partial charge in [-0.15, -0.1) is 0 Å². The van der Waals surface area contributed by atoms with Crippen LogP contribution in [0.3, 0.4) is 0 Å². The van der Waals surface area contributed by atoms with Gasteiger partial charge in [0.05, 0.1) is 16.4 Å². The zero-order valence-electron chi connectivity index (χ0n) is 11.2. The molecule has 1 aliphatic carbocycles. The van der Waals surface area contributed by atoms with E-state index in [0.29, 0.717) is 0 Å². The average Bonchev–Trinajstić information content (AvgIpc) is 3.18. The van der Waals surface area contributed by atoms with Gasteiger partial charge in [-0.2, -0.15) is 0 Å². The molecule has 3 heteroatoms. The van der Waals surface area contributed by atoms with Crippen LogP contribution in [-0.4, -0.2) is 9.78 Å². The van der Waals surface area contributed by atoms with Crippen molar-refractivity contribution >= 4 is 10.9 Å². The molecule has 0 saturated heterocycles. The Bertz CT molecular complexity index is 810. The van der Waals surface area contributed by atoms with E-state index in [9.17, 15) is 4.79 Å². The van der Waals surface area contributed by atoms with Crippen molar-refractivity contribution in [1.82, 2.24) is 9.78 Å². The normalized spacial score (nSPS) is 16.4. The minimum Gasteiger partial charge on any atom is -0.294 e. The maximum atomic E-state index is 12.5. The molecular formula is C17H16N2O. The van der Waals surface area contributed by atoms with Crippen molar-refractivity contribution in [2.45, 2.75) is 24.8 Å². The van der Waals surface area contributed by atoms with Gasteiger partial charge in [0, 0.05) is 0 Å². The minimum absolute atomic E-state index is 0.0442. The van der Waals surface area contributed by atoms with Crippen molar-refractivity contribution in [3.63, 3.8) is 0 Å². The lowest BCUT2D eigenvalue weighted by Gasteiger charge is -2.16. The number of benzene rings is 2. The first-order valence-corrected chi connectivity index (χ1v) is 7.03. The first-order valence-electron chi connectivity index (χ1n) is 7.03. The predicted octanol–water partition coefficient (Wildman–Crippen LogP) is 3.06. The molecule has 1 N–H and O–H groups in total. The highest BCUT2D eigenvalue weighted by Crippen LogP contribution is 2.45. The lowest BCUT2D eigenvalue weighted by atomic mass is 10.0. The summed E-state index contributed by atoms with van der Waals surface area (Å²) in [6.45, 7) is 0. The number of nitrogens with zero attached hydrogens (tertiary/aromatic N) is 1. The fraction of sp³-hybridized carbons (Fsp3) is 0.235. The molecule has 3 aromatic rings. The predicted molar refractivity (Wildman–Crippen MR) is 79.9 cm³/mol. The van der Waals surface area contributed by atoms with Crippen LogP contribution in [-0.2, 0) is 12.0 Å². The standard InChI is InChI=1S/C17H16N2O/c20-16-14-8-4-5-9-15(14)18-19(16)17(10-11-17)12-13-6-2-1-3-7-13/h1-9,18H,10-12H2. The van der Waals surface area contributed by atoms with Crippen LogP contribution < -0.4 is 5.56 Å². The van der Waals surface area contributed by atoms with Gasteiger partial charge in [-0.3, -0.25) is 9.89 Å². The molecule has 0 unspecified atom stereocenters. The molecule has 4 rings (SSSR count). The molecule has 3 nitrogen and oxygen atoms in total. The van der Waals surface area contributed by atoms with Crippen LogP contribution >= 0.6 is 0 Å². The number of hydrogen-bond donors (Lipinski definition) is 1. The van der Waals surface area contributed by atoms with Crippen LogP contribution in [0.1, 0.15) is 18.4 Å². The van der Waals surface area contributed by atoms with E-state index in [-0.39, 0.29) is 11.1 Å². The lowest BCUT2D eigenvalue weighted by molar-refractivity contribution is 0.420. The maximum Gasteiger partial charge on any atom is 0.274 e. The average molecular weight is 264 g/mol. The number of hydrogen-bond acceptors (Lipinski definition) is 1. The molecule has 100 valence electrons. The quantitative estimate of drug-likeness (QED) is 0.775. The molecule has 1 saturated carbocycles. The van der Waals surface area contributed by atoms with Crippen LogP contribution in [0.25, 0.3) is 10.9 Å². The van der Waals surface area contributed by atoms with E-state index in [1.54, 1.807) is 0 Å². The summed E-state index contributed by atoms with van der Waals surface area (Å²) >= 11 is 0. The van der Waals surface area contributed by atoms with Crippen molar-refractivity contribution in [2.75, 3.05) is 0 Å². The third-order valence-electron chi connectivity index (χ3n) is 4.27. The molecule has 1 fully saturated rings. The molecule has 1 aliphatic rings. The van der Waals surface area contributed by atoms with Crippen LogP contribution in [0.15, 0.2) is 59.4 Å². The van der Waals surface area contributed by atoms with Gasteiger partial charge < -0.3 is 0 Å². The van der Waals surface area contributed by atoms with Crippen molar-refractivity contribution in [3.05, 3.63) is 70.5 Å². The van der Waals surface area contributed by atoms with Gasteiger partial charge >= 0.3 is 0 Å². The minimum atomic E-state index is -0.0442. The molecule has 0 atom stereocenters. The number of aromatic nitrogens is 2. The zero-order valence-corrected chi connectivity index (χ0v) is 11.2. The Morgan fingerprint density at radius 3 is 2.40 bits per heavy atom. The molecule has 0 amide bonds. The third-order valence-corrected chi connectivity index (χ3v) is 4.27. The zero-order chi connectivity index (χ0) is 13.6. The number of aromatic amines is 1. The Balaban J connectivity index is 1.79. The highest BCUT2D eigenvalue weighted by molar-refractivity contribution is 5.77. The van der Waals surface area contributed by atoms with Gasteiger partial charge in [0.25, 0.3) is 5.56 Å². The summed E-state index contributed by atoms with van der Waals surface area (Å²) in [6.07, 6.45) is 3.05. The lowest BCUT2D eigenvalue weighted by Crippen LogP contribution is -2.30. The van der Waals surface area contributed by atoms with Gasteiger partial charge in [0.15, 0.2) is 0 Å². The Morgan fingerprint density at radius 1 is 1.00 bits per heavy atom. The second kappa shape index (κ2) is 4.10. The summed E-state index contributed by atoms with van der Waals surface area (Å²) in [4.78, 5) is 12.5. The molecule has 0 aliphatic heterocycles. The molecule has 1 heterocycles. The number of H-pyrrole nitrogens is 1. The maximum absolute atomic E-state index is 12.5. The van der Waals surface area contributed by atoms with Crippen LogP contribution in [0, 0.1) is 0 Å². The van der Waals surface area contributed by atoms with E-state index >= 15 is 0 Å². The van der Waals surface area contributed by atoms with E-state index < -0.39 is 0 Å². The van der Waals surface area contributed by atoms with E-state index in [1.807, 2.05) is 35.0 Å². The molecule has 0 bridgehead atoms. The van der Waals surface area contributed by atoms with Crippen LogP contribution in [0.2, 0.25) is 0 Å². The molecular weight excluding hydrogens is 248 g/mol. The van der Waals surface area contributed by atoms with Gasteiger partial charge in [-0.1, -0.05) is 42.5 Å². The molecule has 0 spiro atoms. The smallest absolute Gasteiger partial charge is 0.274 e. The molecule has 0 radical (unpaired) electrons. The van der Waals surface area contributed by atoms with E-state index in [2.05, 4.69) is 29.4 Å². The number of fused-ring (bicyclic) bond motifs is 1. The number of para-hydroxylation sites is 1. The highest BCUT2D eigenvalue weighted by Gasteiger charge is 2.46. The summed E-state index contributed by atoms with van der Waals surface area (Å²) in [6, 6.07) is 18.1. The van der Waals surface area contributed by atoms with E-state index in [0.717, 1.165) is 30.2 Å². The van der Waals surface area contributed by atoms with Gasteiger partial charge in [-0.05, 0) is 37.0 Å². The van der Waals surface area contributed by atoms with Crippen molar-refractivity contribution in [1.29, 1.82) is 0 Å². The highest BCUT2D eigenvalue weighted by atomic mass is 16.1. The summed E-state index contributed by atoms with van der Waals surface area (Å²) in [5.41, 5.74) is 2.28. The number of rotatable bonds is 3. The van der Waals surface area contributed by atoms with Gasteiger partial charge in [-0.25, -0.2) is 4.68 Å². The van der Waals surface area contributed by atoms with Gasteiger partial charge in [0.1, 0.15) is 0 Å².